The third-order valence-electron chi connectivity index (χ3n) is 8.46. The summed E-state index contributed by atoms with van der Waals surface area (Å²) in [5.41, 5.74) is 0.648. The molecule has 3 amide bonds. The molecule has 2 saturated carbocycles. The first kappa shape index (κ1) is 26.4. The van der Waals surface area contributed by atoms with E-state index in [-0.39, 0.29) is 24.7 Å². The molecule has 12 heteroatoms. The highest BCUT2D eigenvalue weighted by molar-refractivity contribution is 5.92. The maximum Gasteiger partial charge on any atom is 0.255 e. The van der Waals surface area contributed by atoms with Gasteiger partial charge in [0, 0.05) is 38.2 Å². The molecule has 2 bridgehead atoms. The first-order valence-electron chi connectivity index (χ1n) is 13.6. The Morgan fingerprint density at radius 2 is 2.05 bits per heavy atom. The number of amides is 3. The number of halogens is 2. The van der Waals surface area contributed by atoms with Gasteiger partial charge in [0.2, 0.25) is 17.7 Å². The van der Waals surface area contributed by atoms with Gasteiger partial charge in [-0.3, -0.25) is 19.1 Å². The summed E-state index contributed by atoms with van der Waals surface area (Å²) in [7, 11) is 1.76. The summed E-state index contributed by atoms with van der Waals surface area (Å²) in [6.07, 6.45) is 7.44. The Labute approximate surface area is 220 Å². The zero-order valence-electron chi connectivity index (χ0n) is 21.5. The standard InChI is InChI=1S/C26H35F2N7O3/c1-34-14-18(13-31-34)32-21(9-15-4-5-15)25(38)35-19-6-7-20(26(27,28)11-19)22(35)24(37)33-17(12-29)10-16-3-2-8-30-23(16)36/h13-17,19-22,32H,2-11H2,1H3,(H,30,36)(H,33,37)/t16-,17+,19-,20-,21+,22+/m1/s1. The molecule has 2 aliphatic carbocycles. The second-order valence-corrected chi connectivity index (χ2v) is 11.3. The molecule has 0 unspecified atom stereocenters. The number of nitrogens with one attached hydrogen (secondary N) is 3. The molecule has 10 nitrogen and oxygen atoms in total. The van der Waals surface area contributed by atoms with Crippen LogP contribution in [-0.2, 0) is 21.4 Å². The van der Waals surface area contributed by atoms with Gasteiger partial charge in [0.15, 0.2) is 0 Å². The topological polar surface area (TPSA) is 132 Å². The summed E-state index contributed by atoms with van der Waals surface area (Å²) >= 11 is 0. The molecular formula is C26H35F2N7O3. The molecular weight excluding hydrogens is 496 g/mol. The van der Waals surface area contributed by atoms with Crippen LogP contribution in [0.15, 0.2) is 12.4 Å². The van der Waals surface area contributed by atoms with Crippen LogP contribution in [-0.4, -0.2) is 69.0 Å². The summed E-state index contributed by atoms with van der Waals surface area (Å²) in [5, 5.41) is 22.5. The van der Waals surface area contributed by atoms with Gasteiger partial charge in [-0.1, -0.05) is 12.8 Å². The quantitative estimate of drug-likeness (QED) is 0.446. The number of nitrogens with zero attached hydrogens (tertiary/aromatic N) is 4. The van der Waals surface area contributed by atoms with Gasteiger partial charge in [0.05, 0.1) is 23.9 Å². The normalized spacial score (nSPS) is 29.6. The second-order valence-electron chi connectivity index (χ2n) is 11.3. The molecule has 5 fully saturated rings. The maximum absolute atomic E-state index is 15.1. The van der Waals surface area contributed by atoms with E-state index in [9.17, 15) is 19.6 Å². The SMILES string of the molecule is Cn1cc(N[C@@H](CC2CC2)C(=O)N2[C@@H]3CC[C@H]([C@H]2C(=O)N[C@H](C#N)C[C@H]2CCCNC2=O)C(F)(F)C3)cn1. The van der Waals surface area contributed by atoms with Crippen molar-refractivity contribution in [2.45, 2.75) is 87.9 Å². The zero-order chi connectivity index (χ0) is 27.0. The Hall–Kier alpha value is -3.23. The lowest BCUT2D eigenvalue weighted by atomic mass is 9.71. The van der Waals surface area contributed by atoms with Crippen molar-refractivity contribution in [1.82, 2.24) is 25.3 Å². The van der Waals surface area contributed by atoms with Crippen molar-refractivity contribution in [1.29, 1.82) is 5.26 Å². The third-order valence-corrected chi connectivity index (χ3v) is 8.46. The minimum absolute atomic E-state index is 0.103. The number of nitriles is 1. The first-order chi connectivity index (χ1) is 18.2. The molecule has 38 heavy (non-hydrogen) atoms. The molecule has 0 spiro atoms. The maximum atomic E-state index is 15.1. The van der Waals surface area contributed by atoms with Gasteiger partial charge in [-0.05, 0) is 44.4 Å². The van der Waals surface area contributed by atoms with Crippen LogP contribution in [0, 0.1) is 29.1 Å². The fourth-order valence-electron chi connectivity index (χ4n) is 6.36. The van der Waals surface area contributed by atoms with Crippen LogP contribution in [0.4, 0.5) is 14.5 Å². The number of aromatic nitrogens is 2. The summed E-state index contributed by atoms with van der Waals surface area (Å²) in [6.45, 7) is 0.575. The average Bonchev–Trinajstić information content (AvgIpc) is 3.61. The Morgan fingerprint density at radius 1 is 1.26 bits per heavy atom. The molecule has 4 heterocycles. The molecule has 3 N–H and O–H groups in total. The Balaban J connectivity index is 1.37. The number of aryl methyl sites for hydroxylation is 1. The van der Waals surface area contributed by atoms with Crippen molar-refractivity contribution >= 4 is 23.4 Å². The van der Waals surface area contributed by atoms with Crippen LogP contribution < -0.4 is 16.0 Å². The molecule has 3 saturated heterocycles. The van der Waals surface area contributed by atoms with E-state index >= 15 is 8.78 Å². The van der Waals surface area contributed by atoms with Crippen LogP contribution in [0.2, 0.25) is 0 Å². The number of carbonyl (C=O) groups is 3. The van der Waals surface area contributed by atoms with Crippen LogP contribution in [0.3, 0.4) is 0 Å². The van der Waals surface area contributed by atoms with Crippen molar-refractivity contribution in [2.24, 2.45) is 24.8 Å². The Kier molecular flexibility index (Phi) is 7.29. The molecule has 6 atom stereocenters. The largest absolute Gasteiger partial charge is 0.371 e. The lowest BCUT2D eigenvalue weighted by Gasteiger charge is -2.54. The Morgan fingerprint density at radius 3 is 2.68 bits per heavy atom. The molecule has 0 aromatic carbocycles. The lowest BCUT2D eigenvalue weighted by Crippen LogP contribution is -2.70. The van der Waals surface area contributed by atoms with Gasteiger partial charge in [0.25, 0.3) is 5.92 Å². The van der Waals surface area contributed by atoms with Gasteiger partial charge in [0.1, 0.15) is 18.1 Å². The number of rotatable bonds is 9. The van der Waals surface area contributed by atoms with E-state index in [0.717, 1.165) is 19.3 Å². The highest BCUT2D eigenvalue weighted by Crippen LogP contribution is 2.49. The van der Waals surface area contributed by atoms with Crippen molar-refractivity contribution in [3.8, 4) is 6.07 Å². The number of hydrogen-bond donors (Lipinski definition) is 3. The molecule has 6 rings (SSSR count). The number of alkyl halides is 2. The summed E-state index contributed by atoms with van der Waals surface area (Å²) in [6, 6.07) is -1.81. The van der Waals surface area contributed by atoms with Crippen molar-refractivity contribution < 1.29 is 23.2 Å². The first-order valence-corrected chi connectivity index (χ1v) is 13.6. The van der Waals surface area contributed by atoms with Crippen LogP contribution in [0.5, 0.6) is 0 Å². The fraction of sp³-hybridized carbons (Fsp3) is 0.731. The minimum atomic E-state index is -3.09. The highest BCUT2D eigenvalue weighted by atomic mass is 19.3. The molecule has 1 aromatic rings. The minimum Gasteiger partial charge on any atom is -0.371 e. The van der Waals surface area contributed by atoms with Crippen molar-refractivity contribution in [2.75, 3.05) is 11.9 Å². The molecule has 1 aromatic heterocycles. The Bertz CT molecular complexity index is 1110. The second kappa shape index (κ2) is 10.5. The van der Waals surface area contributed by atoms with Gasteiger partial charge in [-0.15, -0.1) is 0 Å². The van der Waals surface area contributed by atoms with Gasteiger partial charge in [-0.25, -0.2) is 8.78 Å². The highest BCUT2D eigenvalue weighted by Gasteiger charge is 2.61. The number of fused-ring (bicyclic) bond motifs is 3. The monoisotopic (exact) mass is 531 g/mol. The lowest BCUT2D eigenvalue weighted by molar-refractivity contribution is -0.194. The van der Waals surface area contributed by atoms with Crippen LogP contribution >= 0.6 is 0 Å². The molecule has 206 valence electrons. The molecule has 0 radical (unpaired) electrons. The number of carbonyl (C=O) groups excluding carboxylic acids is 3. The fourth-order valence-corrected chi connectivity index (χ4v) is 6.36. The van der Waals surface area contributed by atoms with E-state index in [0.29, 0.717) is 37.4 Å². The van der Waals surface area contributed by atoms with Crippen molar-refractivity contribution in [3.05, 3.63) is 12.4 Å². The van der Waals surface area contributed by atoms with E-state index in [1.807, 2.05) is 6.07 Å². The van der Waals surface area contributed by atoms with Gasteiger partial charge >= 0.3 is 0 Å². The predicted molar refractivity (Wildman–Crippen MR) is 133 cm³/mol. The van der Waals surface area contributed by atoms with E-state index < -0.39 is 54.3 Å². The number of anilines is 1. The van der Waals surface area contributed by atoms with Crippen LogP contribution in [0.1, 0.15) is 57.8 Å². The van der Waals surface area contributed by atoms with E-state index in [2.05, 4.69) is 21.0 Å². The summed E-state index contributed by atoms with van der Waals surface area (Å²) in [4.78, 5) is 41.1. The average molecular weight is 532 g/mol. The van der Waals surface area contributed by atoms with Gasteiger partial charge in [-0.2, -0.15) is 10.4 Å². The third kappa shape index (κ3) is 5.47. The predicted octanol–water partition coefficient (Wildman–Crippen LogP) is 1.94. The van der Waals surface area contributed by atoms with E-state index in [4.69, 9.17) is 0 Å². The molecule has 5 aliphatic rings. The van der Waals surface area contributed by atoms with Crippen molar-refractivity contribution in [3.63, 3.8) is 0 Å². The zero-order valence-corrected chi connectivity index (χ0v) is 21.5. The summed E-state index contributed by atoms with van der Waals surface area (Å²) in [5.74, 6) is -5.76. The van der Waals surface area contributed by atoms with Crippen LogP contribution in [0.25, 0.3) is 0 Å². The van der Waals surface area contributed by atoms with Gasteiger partial charge < -0.3 is 20.9 Å². The van der Waals surface area contributed by atoms with E-state index in [1.54, 1.807) is 24.1 Å². The number of piperidine rings is 3. The smallest absolute Gasteiger partial charge is 0.255 e. The number of hydrogen-bond acceptors (Lipinski definition) is 6. The summed E-state index contributed by atoms with van der Waals surface area (Å²) < 4.78 is 31.8. The molecule has 3 aliphatic heterocycles. The van der Waals surface area contributed by atoms with E-state index in [1.165, 1.54) is 4.90 Å².